The third-order valence-corrected chi connectivity index (χ3v) is 23.4. The van der Waals surface area contributed by atoms with Gasteiger partial charge in [0.2, 0.25) is 5.75 Å². The summed E-state index contributed by atoms with van der Waals surface area (Å²) in [6.45, 7) is 8.83. The maximum atomic E-state index is 13.2. The van der Waals surface area contributed by atoms with Crippen molar-refractivity contribution in [2.24, 2.45) is 0 Å². The van der Waals surface area contributed by atoms with Crippen LogP contribution in [0.4, 0.5) is 0 Å². The molecule has 1 aromatic rings. The minimum atomic E-state index is -4.93. The molecule has 0 bridgehead atoms. The third kappa shape index (κ3) is 85.6. The molecule has 720 valence electrons. The van der Waals surface area contributed by atoms with Crippen molar-refractivity contribution in [2.45, 2.75) is 412 Å². The van der Waals surface area contributed by atoms with E-state index in [9.17, 15) is 47.5 Å². The van der Waals surface area contributed by atoms with E-state index in [1.807, 2.05) is 27.8 Å². The number of likely N-dealkylation sites (N-methyl/N-ethyl adjacent to an activating group) is 1. The Hall–Kier alpha value is -4.96. The zero-order valence-electron chi connectivity index (χ0n) is 79.3. The van der Waals surface area contributed by atoms with E-state index in [1.54, 1.807) is 0 Å². The van der Waals surface area contributed by atoms with E-state index in [2.05, 4.69) is 69.8 Å². The molecule has 0 aliphatic heterocycles. The number of benzene rings is 1. The lowest BCUT2D eigenvalue weighted by Gasteiger charge is -2.28. The molecule has 125 heavy (non-hydrogen) atoms. The fourth-order valence-electron chi connectivity index (χ4n) is 13.3. The number of phosphoric ester groups is 2. The van der Waals surface area contributed by atoms with Crippen LogP contribution in [0.15, 0.2) is 36.4 Å². The Morgan fingerprint density at radius 3 is 0.952 bits per heavy atom. The average Bonchev–Trinajstić information content (AvgIpc) is 0.813. The summed E-state index contributed by atoms with van der Waals surface area (Å²) in [6, 6.07) is 2.84. The fourth-order valence-corrected chi connectivity index (χ4v) is 14.8. The highest BCUT2D eigenvalue weighted by atomic mass is 32.0. The number of nitrogens with zero attached hydrogens (tertiary/aromatic N) is 1. The highest BCUT2D eigenvalue weighted by Crippen LogP contribution is 2.42. The summed E-state index contributed by atoms with van der Waals surface area (Å²) < 4.78 is 93.9. The summed E-state index contributed by atoms with van der Waals surface area (Å²) in [5.41, 5.74) is 0.165. The summed E-state index contributed by atoms with van der Waals surface area (Å²) >= 11 is 0. The average molecular weight is 1840 g/mol. The van der Waals surface area contributed by atoms with Crippen LogP contribution in [0.25, 0.3) is 0 Å². The van der Waals surface area contributed by atoms with Gasteiger partial charge in [-0.15, -0.1) is 19.3 Å². The summed E-state index contributed by atoms with van der Waals surface area (Å²) in [5.74, 6) is 5.17. The van der Waals surface area contributed by atoms with Gasteiger partial charge in [0, 0.05) is 37.7 Å². The molecule has 5 atom stereocenters. The molecule has 1 aromatic carbocycles. The van der Waals surface area contributed by atoms with E-state index < -0.39 is 64.8 Å². The number of hydrogen-bond donors (Lipinski definition) is 0. The van der Waals surface area contributed by atoms with E-state index in [1.165, 1.54) is 218 Å². The summed E-state index contributed by atoms with van der Waals surface area (Å²) in [7, 11) is -2.93. The van der Waals surface area contributed by atoms with Crippen LogP contribution in [0.3, 0.4) is 0 Å². The highest BCUT2D eigenvalue weighted by Gasteiger charge is 2.25. The lowest BCUT2D eigenvalue weighted by atomic mass is 10.0. The molecule has 0 heterocycles. The Morgan fingerprint density at radius 2 is 0.664 bits per heavy atom. The van der Waals surface area contributed by atoms with Crippen LogP contribution >= 0.6 is 32.1 Å². The van der Waals surface area contributed by atoms with E-state index >= 15 is 0 Å². The predicted molar refractivity (Wildman–Crippen MR) is 508 cm³/mol. The molecule has 0 radical (unpaired) electrons. The van der Waals surface area contributed by atoms with E-state index in [0.717, 1.165) is 109 Å². The van der Waals surface area contributed by atoms with Gasteiger partial charge in [-0.25, -0.2) is 0 Å². The first-order chi connectivity index (χ1) is 60.5. The molecule has 0 fully saturated rings. The van der Waals surface area contributed by atoms with Crippen LogP contribution in [-0.2, 0) is 69.9 Å². The smallest absolute Gasteiger partial charge is 0.306 e. The Balaban J connectivity index is 0. The molecule has 0 aliphatic rings. The molecular formula is C99H172NO21P4-. The summed E-state index contributed by atoms with van der Waals surface area (Å²) in [5, 5.41) is 0. The lowest BCUT2D eigenvalue weighted by Crippen LogP contribution is -2.37. The monoisotopic (exact) mass is 1840 g/mol. The predicted octanol–water partition coefficient (Wildman–Crippen LogP) is 25.8. The Bertz CT molecular complexity index is 3050. The molecule has 0 amide bonds. The standard InChI is InChI=1S/C56H87O12P.C42H82NO8P.CH4OP2/c1-6-11-13-15-17-19-21-23-24-26-28-30-32-34-36-40-55(59)68-50(47-65-54(58)39-35-33-31-29-27-25-22-20-18-16-14-12-7-2)48-67-69(60,61)66-44-37-38-51(57)49-45-52(62-41-8-3)56(64-43-10-5)53(46-49)63-42-9-4;1-6-8-10-12-14-16-18-20-21-23-25-27-29-31-33-35-42(45)51-40(39-50-52(46,47)49-37-36-43(3,4)5)38-48-41(44)34-32-30-28-26-24-22-19-17-15-13-11-9-7-2;1-3-4-2/h3-5,23-24,45-46,50H,6-7,11-22,25-44,47-48H2,1-2H3,(H,60,61);20-21,40H,6-19,22-39H2,1-5H3;3H,1H3/p-1/b24-23-;21-20-;. The topological polar surface area (TPSA) is 284 Å². The summed E-state index contributed by atoms with van der Waals surface area (Å²) in [4.78, 5) is 89.0. The number of ketones is 1. The van der Waals surface area contributed by atoms with Crippen molar-refractivity contribution < 1.29 is 103 Å². The van der Waals surface area contributed by atoms with Crippen LogP contribution in [0.2, 0.25) is 0 Å². The van der Waals surface area contributed by atoms with Crippen molar-refractivity contribution in [2.75, 3.05) is 93.8 Å². The van der Waals surface area contributed by atoms with Gasteiger partial charge in [-0.05, 0) is 111 Å². The molecule has 1 rings (SSSR count). The number of unbranched alkanes of at least 4 members (excludes halogenated alkanes) is 46. The van der Waals surface area contributed by atoms with Crippen LogP contribution in [0, 0.1) is 37.0 Å². The van der Waals surface area contributed by atoms with Gasteiger partial charge in [-0.1, -0.05) is 327 Å². The first-order valence-corrected chi connectivity index (χ1v) is 54.5. The highest BCUT2D eigenvalue weighted by molar-refractivity contribution is 8.05. The van der Waals surface area contributed by atoms with Gasteiger partial charge in [0.25, 0.3) is 15.6 Å². The minimum Gasteiger partial charge on any atom is -0.756 e. The number of Topliss-reactive ketones (excluding diaryl/α,β-unsaturated/α-hetero) is 1. The van der Waals surface area contributed by atoms with Crippen LogP contribution in [-0.4, -0.2) is 140 Å². The van der Waals surface area contributed by atoms with Gasteiger partial charge >= 0.3 is 23.9 Å². The second-order valence-corrected chi connectivity index (χ2v) is 38.9. The van der Waals surface area contributed by atoms with Crippen molar-refractivity contribution >= 4 is 61.7 Å². The largest absolute Gasteiger partial charge is 0.756 e. The van der Waals surface area contributed by atoms with Gasteiger partial charge in [-0.2, -0.15) is 0 Å². The number of esters is 4. The molecule has 0 saturated heterocycles. The number of allylic oxidation sites excluding steroid dienone is 4. The molecule has 0 aromatic heterocycles. The molecule has 5 unspecified atom stereocenters. The van der Waals surface area contributed by atoms with Crippen LogP contribution in [0.1, 0.15) is 410 Å². The van der Waals surface area contributed by atoms with Crippen LogP contribution < -0.4 is 24.0 Å². The molecule has 26 heteroatoms. The normalized spacial score (nSPS) is 12.9. The van der Waals surface area contributed by atoms with E-state index in [0.29, 0.717) is 38.6 Å². The van der Waals surface area contributed by atoms with E-state index in [4.69, 9.17) is 70.5 Å². The van der Waals surface area contributed by atoms with E-state index in [-0.39, 0.29) is 122 Å². The number of ether oxygens (including phenoxy) is 7. The molecule has 0 spiro atoms. The minimum absolute atomic E-state index is 0.00393. The molecular weight excluding hydrogens is 1660 g/mol. The number of hydrogen-bond acceptors (Lipinski definition) is 21. The van der Waals surface area contributed by atoms with Crippen molar-refractivity contribution in [1.82, 2.24) is 0 Å². The third-order valence-electron chi connectivity index (χ3n) is 20.7. The number of terminal acetylenes is 3. The lowest BCUT2D eigenvalue weighted by molar-refractivity contribution is -0.870. The fraction of sp³-hybridized carbons (Fsp3) is 0.788. The molecule has 0 aliphatic carbocycles. The second kappa shape index (κ2) is 89.6. The van der Waals surface area contributed by atoms with Gasteiger partial charge < -0.3 is 65.5 Å². The zero-order valence-corrected chi connectivity index (χ0v) is 83.0. The van der Waals surface area contributed by atoms with Crippen molar-refractivity contribution in [3.05, 3.63) is 42.0 Å². The Morgan fingerprint density at radius 1 is 0.392 bits per heavy atom. The maximum absolute atomic E-state index is 13.2. The van der Waals surface area contributed by atoms with Gasteiger partial charge in [0.05, 0.1) is 41.0 Å². The van der Waals surface area contributed by atoms with Crippen molar-refractivity contribution in [1.29, 1.82) is 0 Å². The van der Waals surface area contributed by atoms with Gasteiger partial charge in [0.1, 0.15) is 46.2 Å². The first-order valence-electron chi connectivity index (χ1n) is 48.4. The van der Waals surface area contributed by atoms with Gasteiger partial charge in [-0.3, -0.25) is 37.7 Å². The Labute approximate surface area is 763 Å². The first kappa shape index (κ1) is 122. The molecule has 0 saturated carbocycles. The van der Waals surface area contributed by atoms with Crippen LogP contribution in [0.5, 0.6) is 17.2 Å². The Kier molecular flexibility index (Phi) is 87.5. The maximum Gasteiger partial charge on any atom is 0.306 e. The molecule has 0 N–H and O–H groups in total. The van der Waals surface area contributed by atoms with Crippen molar-refractivity contribution in [3.63, 3.8) is 0 Å². The van der Waals surface area contributed by atoms with Crippen molar-refractivity contribution in [3.8, 4) is 54.3 Å². The number of quaternary nitrogens is 1. The molecule has 22 nitrogen and oxygen atoms in total. The zero-order chi connectivity index (χ0) is 92.5. The number of phosphoric acid groups is 2. The SMILES string of the molecule is C#CCOc1cc(C(=O)CCCOP(=O)([O-])OCC(COC(=O)CCCCCCCCCCCCCCC)OC(=O)CCCCCCC/C=C\CCCCCCCC)cc(OCC#C)c1OCC#C.CCCCCCCC/C=C\CCCCCCCC(=O)OC(COC(=O)CCCCCCCCCCCCCCC)COP(=O)([O-])OCC[N+](C)(C)C.CPP=O. The number of carbonyl (C=O) groups excluding carboxylic acids is 5. The number of rotatable bonds is 87. The second-order valence-electron chi connectivity index (χ2n) is 33.5. The number of carbonyl (C=O) groups is 5. The summed E-state index contributed by atoms with van der Waals surface area (Å²) in [6.07, 6.45) is 84.8. The quantitative estimate of drug-likeness (QED) is 0.00856. The van der Waals surface area contributed by atoms with Gasteiger partial charge in [0.15, 0.2) is 37.6 Å².